The van der Waals surface area contributed by atoms with Crippen LogP contribution >= 0.6 is 0 Å². The normalized spacial score (nSPS) is 11.5. The van der Waals surface area contributed by atoms with Crippen molar-refractivity contribution in [3.05, 3.63) is 60.7 Å². The van der Waals surface area contributed by atoms with E-state index >= 15 is 0 Å². The van der Waals surface area contributed by atoms with Gasteiger partial charge in [-0.25, -0.2) is 4.98 Å². The van der Waals surface area contributed by atoms with E-state index in [4.69, 9.17) is 0 Å². The van der Waals surface area contributed by atoms with Gasteiger partial charge in [-0.3, -0.25) is 15.1 Å². The van der Waals surface area contributed by atoms with Gasteiger partial charge in [-0.2, -0.15) is 5.10 Å². The van der Waals surface area contributed by atoms with E-state index in [-0.39, 0.29) is 0 Å². The smallest absolute Gasteiger partial charge is 0.181 e. The van der Waals surface area contributed by atoms with Gasteiger partial charge in [0.25, 0.3) is 0 Å². The Morgan fingerprint density at radius 2 is 1.96 bits per heavy atom. The highest BCUT2D eigenvalue weighted by Crippen LogP contribution is 2.30. The molecule has 0 spiro atoms. The Balaban J connectivity index is 1.58. The van der Waals surface area contributed by atoms with Crippen LogP contribution in [0.25, 0.3) is 44.6 Å². The van der Waals surface area contributed by atoms with Gasteiger partial charge in [0, 0.05) is 47.8 Å². The number of pyridine rings is 3. The Morgan fingerprint density at radius 1 is 1.04 bits per heavy atom. The van der Waals surface area contributed by atoms with Crippen LogP contribution in [0.15, 0.2) is 55.1 Å². The molecule has 5 aromatic rings. The SMILES string of the molecule is CCNCc1cncc(-c2cnc3n[nH]c(-c4cc5ncccc5[nH]4)c3c2)c1. The molecule has 0 fully saturated rings. The fourth-order valence-electron chi connectivity index (χ4n) is 3.37. The first-order valence-corrected chi connectivity index (χ1v) is 9.25. The molecule has 0 saturated carbocycles. The van der Waals surface area contributed by atoms with Gasteiger partial charge in [-0.15, -0.1) is 0 Å². The lowest BCUT2D eigenvalue weighted by atomic mass is 10.1. The first kappa shape index (κ1) is 16.6. The van der Waals surface area contributed by atoms with Gasteiger partial charge < -0.3 is 10.3 Å². The number of H-pyrrole nitrogens is 2. The zero-order valence-corrected chi connectivity index (χ0v) is 15.4. The molecule has 0 aliphatic rings. The number of rotatable bonds is 5. The number of aromatic amines is 2. The second kappa shape index (κ2) is 6.86. The van der Waals surface area contributed by atoms with Crippen molar-refractivity contribution in [3.63, 3.8) is 0 Å². The van der Waals surface area contributed by atoms with E-state index < -0.39 is 0 Å². The largest absolute Gasteiger partial charge is 0.352 e. The van der Waals surface area contributed by atoms with Gasteiger partial charge in [-0.05, 0) is 42.4 Å². The highest BCUT2D eigenvalue weighted by molar-refractivity contribution is 5.95. The average Bonchev–Trinajstić information content (AvgIpc) is 3.35. The molecule has 0 aliphatic carbocycles. The van der Waals surface area contributed by atoms with Gasteiger partial charge in [0.2, 0.25) is 0 Å². The van der Waals surface area contributed by atoms with E-state index in [0.29, 0.717) is 5.65 Å². The minimum atomic E-state index is 0.683. The van der Waals surface area contributed by atoms with Crippen LogP contribution in [0.4, 0.5) is 0 Å². The maximum atomic E-state index is 4.53. The van der Waals surface area contributed by atoms with Crippen molar-refractivity contribution < 1.29 is 0 Å². The van der Waals surface area contributed by atoms with Gasteiger partial charge in [0.15, 0.2) is 5.65 Å². The molecular formula is C21H19N7. The minimum Gasteiger partial charge on any atom is -0.352 e. The fourth-order valence-corrected chi connectivity index (χ4v) is 3.37. The quantitative estimate of drug-likeness (QED) is 0.439. The average molecular weight is 369 g/mol. The van der Waals surface area contributed by atoms with Crippen molar-refractivity contribution in [2.45, 2.75) is 13.5 Å². The molecule has 0 saturated heterocycles. The Kier molecular flexibility index (Phi) is 4.06. The number of hydrogen-bond acceptors (Lipinski definition) is 5. The van der Waals surface area contributed by atoms with Crippen molar-refractivity contribution >= 4 is 22.1 Å². The summed E-state index contributed by atoms with van der Waals surface area (Å²) in [6.07, 6.45) is 7.38. The Bertz CT molecular complexity index is 1240. The number of aromatic nitrogens is 6. The van der Waals surface area contributed by atoms with Crippen molar-refractivity contribution in [2.75, 3.05) is 6.54 Å². The predicted molar refractivity (Wildman–Crippen MR) is 110 cm³/mol. The monoisotopic (exact) mass is 369 g/mol. The molecule has 7 heteroatoms. The van der Waals surface area contributed by atoms with Gasteiger partial charge in [-0.1, -0.05) is 6.92 Å². The van der Waals surface area contributed by atoms with Crippen LogP contribution in [0.5, 0.6) is 0 Å². The van der Waals surface area contributed by atoms with Crippen LogP contribution in [0, 0.1) is 0 Å². The second-order valence-electron chi connectivity index (χ2n) is 6.68. The molecular weight excluding hydrogens is 350 g/mol. The van der Waals surface area contributed by atoms with Crippen molar-refractivity contribution in [1.82, 2.24) is 35.5 Å². The summed E-state index contributed by atoms with van der Waals surface area (Å²) in [6, 6.07) is 10.2. The number of fused-ring (bicyclic) bond motifs is 2. The van der Waals surface area contributed by atoms with E-state index in [2.05, 4.69) is 54.5 Å². The Labute approximate surface area is 161 Å². The van der Waals surface area contributed by atoms with Crippen molar-refractivity contribution in [1.29, 1.82) is 0 Å². The van der Waals surface area contributed by atoms with Gasteiger partial charge >= 0.3 is 0 Å². The van der Waals surface area contributed by atoms with Gasteiger partial charge in [0.1, 0.15) is 0 Å². The summed E-state index contributed by atoms with van der Waals surface area (Å²) in [6.45, 7) is 3.82. The molecule has 0 aromatic carbocycles. The van der Waals surface area contributed by atoms with E-state index in [0.717, 1.165) is 57.6 Å². The van der Waals surface area contributed by atoms with Crippen LogP contribution in [-0.2, 0) is 6.54 Å². The molecule has 0 bridgehead atoms. The molecule has 7 nitrogen and oxygen atoms in total. The molecule has 5 heterocycles. The predicted octanol–water partition coefficient (Wildman–Crippen LogP) is 3.67. The second-order valence-corrected chi connectivity index (χ2v) is 6.68. The molecule has 0 radical (unpaired) electrons. The van der Waals surface area contributed by atoms with E-state index in [1.807, 2.05) is 36.8 Å². The third-order valence-electron chi connectivity index (χ3n) is 4.78. The highest BCUT2D eigenvalue weighted by atomic mass is 15.2. The van der Waals surface area contributed by atoms with E-state index in [1.165, 1.54) is 0 Å². The number of nitrogens with one attached hydrogen (secondary N) is 3. The summed E-state index contributed by atoms with van der Waals surface area (Å²) < 4.78 is 0. The Morgan fingerprint density at radius 3 is 2.86 bits per heavy atom. The molecule has 5 rings (SSSR count). The van der Waals surface area contributed by atoms with Crippen LogP contribution in [0.2, 0.25) is 0 Å². The summed E-state index contributed by atoms with van der Waals surface area (Å²) >= 11 is 0. The zero-order valence-electron chi connectivity index (χ0n) is 15.4. The standard InChI is InChI=1S/C21H19N7/c1-2-22-9-13-6-14(11-23-10-13)15-7-16-20(27-28-21(16)25-12-15)19-8-18-17(26-19)4-3-5-24-18/h3-8,10-12,22,26H,2,9H2,1H3,(H,25,27,28). The molecule has 0 aliphatic heterocycles. The molecule has 138 valence electrons. The lowest BCUT2D eigenvalue weighted by molar-refractivity contribution is 0.724. The maximum Gasteiger partial charge on any atom is 0.181 e. The summed E-state index contributed by atoms with van der Waals surface area (Å²) in [7, 11) is 0. The summed E-state index contributed by atoms with van der Waals surface area (Å²) in [5, 5.41) is 11.8. The van der Waals surface area contributed by atoms with E-state index in [1.54, 1.807) is 6.20 Å². The summed E-state index contributed by atoms with van der Waals surface area (Å²) in [4.78, 5) is 16.7. The maximum absolute atomic E-state index is 4.53. The number of nitrogens with zero attached hydrogens (tertiary/aromatic N) is 4. The molecule has 0 amide bonds. The summed E-state index contributed by atoms with van der Waals surface area (Å²) in [5.74, 6) is 0. The number of hydrogen-bond donors (Lipinski definition) is 3. The molecule has 0 atom stereocenters. The molecule has 3 N–H and O–H groups in total. The topological polar surface area (TPSA) is 95.2 Å². The minimum absolute atomic E-state index is 0.683. The first-order valence-electron chi connectivity index (χ1n) is 9.25. The van der Waals surface area contributed by atoms with Crippen LogP contribution in [0.3, 0.4) is 0 Å². The fraction of sp³-hybridized carbons (Fsp3) is 0.143. The van der Waals surface area contributed by atoms with Crippen LogP contribution in [0.1, 0.15) is 12.5 Å². The lowest BCUT2D eigenvalue weighted by Crippen LogP contribution is -2.11. The van der Waals surface area contributed by atoms with Crippen molar-refractivity contribution in [2.24, 2.45) is 0 Å². The van der Waals surface area contributed by atoms with Gasteiger partial charge in [0.05, 0.1) is 22.4 Å². The first-order chi connectivity index (χ1) is 13.8. The molecule has 0 unspecified atom stereocenters. The highest BCUT2D eigenvalue weighted by Gasteiger charge is 2.13. The van der Waals surface area contributed by atoms with Crippen molar-refractivity contribution in [3.8, 4) is 22.5 Å². The summed E-state index contributed by atoms with van der Waals surface area (Å²) in [5.41, 5.74) is 7.63. The molecule has 28 heavy (non-hydrogen) atoms. The third-order valence-corrected chi connectivity index (χ3v) is 4.78. The lowest BCUT2D eigenvalue weighted by Gasteiger charge is -2.05. The van der Waals surface area contributed by atoms with E-state index in [9.17, 15) is 0 Å². The van der Waals surface area contributed by atoms with Crippen LogP contribution < -0.4 is 5.32 Å². The Hall–Kier alpha value is -3.58. The third kappa shape index (κ3) is 2.91. The van der Waals surface area contributed by atoms with Crippen LogP contribution in [-0.4, -0.2) is 36.7 Å². The zero-order chi connectivity index (χ0) is 18.9. The molecule has 5 aromatic heterocycles.